The maximum absolute atomic E-state index is 14.3. The van der Waals surface area contributed by atoms with E-state index in [1.54, 1.807) is 34.0 Å². The molecule has 0 radical (unpaired) electrons. The maximum atomic E-state index is 14.3. The zero-order valence-corrected chi connectivity index (χ0v) is 28.4. The van der Waals surface area contributed by atoms with Crippen LogP contribution in [-0.2, 0) is 34.2 Å². The van der Waals surface area contributed by atoms with Crippen molar-refractivity contribution < 1.29 is 38.1 Å². The summed E-state index contributed by atoms with van der Waals surface area (Å²) in [5.41, 5.74) is -0.870. The van der Waals surface area contributed by atoms with E-state index in [-0.39, 0.29) is 25.0 Å². The summed E-state index contributed by atoms with van der Waals surface area (Å²) in [6, 6.07) is 7.19. The Balaban J connectivity index is 2.00. The SMILES string of the molecule is C=CCC(C)(C)CCOC(=O)N[C@H](C(=O)N1CC(OC(C)=O)(c2ccc3cc(OC)c(C=C)cc3c2)CC1C(=O)OC)C(C)(C)C. The number of ether oxygens (including phenoxy) is 4. The van der Waals surface area contributed by atoms with Crippen molar-refractivity contribution in [3.63, 3.8) is 0 Å². The third kappa shape index (κ3) is 8.27. The van der Waals surface area contributed by atoms with Gasteiger partial charge in [0.2, 0.25) is 5.91 Å². The van der Waals surface area contributed by atoms with Gasteiger partial charge in [-0.2, -0.15) is 0 Å². The second-order valence-corrected chi connectivity index (χ2v) is 13.6. The Labute approximate surface area is 272 Å². The van der Waals surface area contributed by atoms with Crippen molar-refractivity contribution in [1.29, 1.82) is 0 Å². The number of alkyl carbamates (subject to hydrolysis) is 1. The largest absolute Gasteiger partial charge is 0.496 e. The molecule has 10 heteroatoms. The Kier molecular flexibility index (Phi) is 11.3. The molecule has 3 atom stereocenters. The van der Waals surface area contributed by atoms with Crippen molar-refractivity contribution in [3.8, 4) is 5.75 Å². The first kappa shape index (κ1) is 36.1. The lowest BCUT2D eigenvalue weighted by atomic mass is 9.85. The highest BCUT2D eigenvalue weighted by atomic mass is 16.6. The van der Waals surface area contributed by atoms with Crippen LogP contribution in [0.1, 0.15) is 71.9 Å². The molecule has 1 aliphatic heterocycles. The third-order valence-corrected chi connectivity index (χ3v) is 8.44. The molecule has 46 heavy (non-hydrogen) atoms. The number of hydrogen-bond donors (Lipinski definition) is 1. The van der Waals surface area contributed by atoms with Crippen molar-refractivity contribution in [2.45, 2.75) is 78.5 Å². The average Bonchev–Trinajstić information content (AvgIpc) is 3.37. The van der Waals surface area contributed by atoms with Crippen LogP contribution in [-0.4, -0.2) is 68.3 Å². The molecular weight excluding hydrogens is 588 g/mol. The van der Waals surface area contributed by atoms with Crippen molar-refractivity contribution in [3.05, 3.63) is 60.7 Å². The van der Waals surface area contributed by atoms with Gasteiger partial charge in [-0.05, 0) is 58.2 Å². The summed E-state index contributed by atoms with van der Waals surface area (Å²) in [4.78, 5) is 54.3. The number of fused-ring (bicyclic) bond motifs is 1. The highest BCUT2D eigenvalue weighted by molar-refractivity contribution is 5.92. The van der Waals surface area contributed by atoms with Gasteiger partial charge in [0.15, 0.2) is 5.60 Å². The minimum atomic E-state index is -1.37. The van der Waals surface area contributed by atoms with E-state index >= 15 is 0 Å². The van der Waals surface area contributed by atoms with Crippen LogP contribution >= 0.6 is 0 Å². The molecule has 0 aromatic heterocycles. The Morgan fingerprint density at radius 3 is 2.33 bits per heavy atom. The zero-order chi connectivity index (χ0) is 34.4. The van der Waals surface area contributed by atoms with Crippen LogP contribution in [0.2, 0.25) is 0 Å². The molecule has 1 fully saturated rings. The first-order chi connectivity index (χ1) is 21.5. The molecule has 2 unspecified atom stereocenters. The van der Waals surface area contributed by atoms with E-state index in [2.05, 4.69) is 32.3 Å². The van der Waals surface area contributed by atoms with Crippen LogP contribution in [0.3, 0.4) is 0 Å². The summed E-state index contributed by atoms with van der Waals surface area (Å²) >= 11 is 0. The lowest BCUT2D eigenvalue weighted by Gasteiger charge is -2.35. The molecular formula is C36H48N2O8. The molecule has 0 aliphatic carbocycles. The number of benzene rings is 2. The summed E-state index contributed by atoms with van der Waals surface area (Å²) in [5, 5.41) is 4.44. The normalized spacial score (nSPS) is 18.8. The summed E-state index contributed by atoms with van der Waals surface area (Å²) < 4.78 is 22.0. The smallest absolute Gasteiger partial charge is 0.407 e. The molecule has 1 saturated heterocycles. The molecule has 1 N–H and O–H groups in total. The summed E-state index contributed by atoms with van der Waals surface area (Å²) in [6.07, 6.45) is 4.09. The molecule has 250 valence electrons. The van der Waals surface area contributed by atoms with Gasteiger partial charge in [0.05, 0.1) is 27.4 Å². The Morgan fingerprint density at radius 1 is 1.07 bits per heavy atom. The van der Waals surface area contributed by atoms with Crippen LogP contribution in [0.25, 0.3) is 16.8 Å². The van der Waals surface area contributed by atoms with E-state index in [4.69, 9.17) is 18.9 Å². The van der Waals surface area contributed by atoms with Gasteiger partial charge < -0.3 is 29.2 Å². The maximum Gasteiger partial charge on any atom is 0.407 e. The Bertz CT molecular complexity index is 1490. The second kappa shape index (κ2) is 14.4. The predicted molar refractivity (Wildman–Crippen MR) is 177 cm³/mol. The lowest BCUT2D eigenvalue weighted by Crippen LogP contribution is -2.57. The number of amides is 2. The Morgan fingerprint density at radius 2 is 1.76 bits per heavy atom. The third-order valence-electron chi connectivity index (χ3n) is 8.44. The monoisotopic (exact) mass is 636 g/mol. The second-order valence-electron chi connectivity index (χ2n) is 13.6. The zero-order valence-electron chi connectivity index (χ0n) is 28.4. The minimum absolute atomic E-state index is 0.0410. The van der Waals surface area contributed by atoms with Gasteiger partial charge >= 0.3 is 18.0 Å². The van der Waals surface area contributed by atoms with Gasteiger partial charge in [0.25, 0.3) is 0 Å². The van der Waals surface area contributed by atoms with E-state index in [1.165, 1.54) is 18.9 Å². The highest BCUT2D eigenvalue weighted by Crippen LogP contribution is 2.42. The topological polar surface area (TPSA) is 120 Å². The highest BCUT2D eigenvalue weighted by Gasteiger charge is 2.54. The first-order valence-electron chi connectivity index (χ1n) is 15.4. The molecule has 10 nitrogen and oxygen atoms in total. The number of nitrogens with one attached hydrogen (secondary N) is 1. The predicted octanol–water partition coefficient (Wildman–Crippen LogP) is 6.16. The standard InChI is InChI=1S/C36H48N2O8/c1-11-15-35(7,8)16-17-45-33(42)37-30(34(4,5)6)31(40)38-22-36(46-23(3)39,21-28(38)32(41)44-10)27-14-13-25-20-29(43-9)24(12-2)18-26(25)19-27/h11-14,18-20,28,30H,1-2,15-17,21-22H2,3-10H3,(H,37,42)/t28?,30-,36?/m1/s1. The molecule has 1 heterocycles. The number of rotatable bonds is 12. The molecule has 2 amide bonds. The van der Waals surface area contributed by atoms with Crippen LogP contribution in [0.15, 0.2) is 49.6 Å². The van der Waals surface area contributed by atoms with Gasteiger partial charge in [-0.15, -0.1) is 6.58 Å². The van der Waals surface area contributed by atoms with Crippen molar-refractivity contribution in [1.82, 2.24) is 10.2 Å². The van der Waals surface area contributed by atoms with Gasteiger partial charge in [-0.25, -0.2) is 9.59 Å². The van der Waals surface area contributed by atoms with Crippen LogP contribution < -0.4 is 10.1 Å². The molecule has 1 aliphatic rings. The molecule has 2 aromatic rings. The van der Waals surface area contributed by atoms with Crippen LogP contribution in [0.4, 0.5) is 4.79 Å². The fourth-order valence-electron chi connectivity index (χ4n) is 5.87. The molecule has 0 saturated carbocycles. The first-order valence-corrected chi connectivity index (χ1v) is 15.4. The van der Waals surface area contributed by atoms with E-state index in [9.17, 15) is 19.2 Å². The summed E-state index contributed by atoms with van der Waals surface area (Å²) in [6.45, 7) is 18.5. The fourth-order valence-corrected chi connectivity index (χ4v) is 5.87. The summed E-state index contributed by atoms with van der Waals surface area (Å²) in [5.74, 6) is -1.11. The number of hydrogen-bond acceptors (Lipinski definition) is 8. The molecule has 2 aromatic carbocycles. The van der Waals surface area contributed by atoms with Crippen molar-refractivity contribution >= 4 is 40.8 Å². The number of methoxy groups -OCH3 is 2. The van der Waals surface area contributed by atoms with Gasteiger partial charge in [-0.1, -0.05) is 65.5 Å². The van der Waals surface area contributed by atoms with E-state index in [0.29, 0.717) is 17.7 Å². The lowest BCUT2D eigenvalue weighted by molar-refractivity contribution is -0.158. The van der Waals surface area contributed by atoms with Crippen molar-refractivity contribution in [2.24, 2.45) is 10.8 Å². The fraction of sp³-hybridized carbons (Fsp3) is 0.500. The van der Waals surface area contributed by atoms with Gasteiger partial charge in [0.1, 0.15) is 17.8 Å². The number of likely N-dealkylation sites (tertiary alicyclic amines) is 1. The molecule has 0 bridgehead atoms. The quantitative estimate of drug-likeness (QED) is 0.167. The van der Waals surface area contributed by atoms with E-state index in [1.807, 2.05) is 36.4 Å². The number of carbonyl (C=O) groups is 4. The van der Waals surface area contributed by atoms with E-state index < -0.39 is 47.0 Å². The minimum Gasteiger partial charge on any atom is -0.496 e. The van der Waals surface area contributed by atoms with Crippen LogP contribution in [0.5, 0.6) is 5.75 Å². The number of nitrogens with zero attached hydrogens (tertiary/aromatic N) is 1. The molecule has 3 rings (SSSR count). The Hall–Kier alpha value is -4.34. The van der Waals surface area contributed by atoms with Gasteiger partial charge in [0, 0.05) is 18.9 Å². The number of carbonyl (C=O) groups excluding carboxylic acids is 4. The number of allylic oxidation sites excluding steroid dienone is 1. The summed E-state index contributed by atoms with van der Waals surface area (Å²) in [7, 11) is 2.82. The van der Waals surface area contributed by atoms with Crippen LogP contribution in [0, 0.1) is 10.8 Å². The molecule has 0 spiro atoms. The van der Waals surface area contributed by atoms with Crippen molar-refractivity contribution in [2.75, 3.05) is 27.4 Å². The number of esters is 2. The average molecular weight is 637 g/mol. The van der Waals surface area contributed by atoms with Gasteiger partial charge in [-0.3, -0.25) is 9.59 Å². The van der Waals surface area contributed by atoms with E-state index in [0.717, 1.165) is 22.8 Å².